The van der Waals surface area contributed by atoms with Gasteiger partial charge in [-0.05, 0) is 42.0 Å². The second-order valence-electron chi connectivity index (χ2n) is 8.85. The lowest BCUT2D eigenvalue weighted by atomic mass is 9.89. The fourth-order valence-electron chi connectivity index (χ4n) is 3.47. The van der Waals surface area contributed by atoms with Crippen LogP contribution in [0.5, 0.6) is 0 Å². The zero-order valence-corrected chi connectivity index (χ0v) is 19.2. The summed E-state index contributed by atoms with van der Waals surface area (Å²) >= 11 is 1.68. The van der Waals surface area contributed by atoms with E-state index in [1.807, 2.05) is 53.1 Å². The third-order valence-corrected chi connectivity index (χ3v) is 6.39. The molecule has 2 aromatic rings. The number of allylic oxidation sites excluding steroid dienone is 6. The van der Waals surface area contributed by atoms with Gasteiger partial charge in [0.05, 0.1) is 10.6 Å². The fraction of sp³-hybridized carbons (Fsp3) is 0.231. The predicted molar refractivity (Wildman–Crippen MR) is 127 cm³/mol. The molecule has 0 bridgehead atoms. The first-order chi connectivity index (χ1) is 14.6. The normalized spacial score (nSPS) is 16.4. The first-order valence-corrected chi connectivity index (χ1v) is 11.0. The molecule has 0 radical (unpaired) electrons. The highest BCUT2D eigenvalue weighted by Crippen LogP contribution is 2.37. The Morgan fingerprint density at radius 1 is 0.903 bits per heavy atom. The first-order valence-electron chi connectivity index (χ1n) is 10.1. The number of Topliss-reactive ketones (excluding diaryl/α,β-unsaturated/α-hetero) is 2. The standard InChI is InChI=1S/C26H25NO3S/c1-26(2,3)21-15-16(23-24(28)19-8-6-7-9-20(19)25(23)29)14-17(30-21)10-11-18-12-13-22(31-18)27(4)5/h6-15H,1-5H3. The molecule has 0 saturated heterocycles. The zero-order chi connectivity index (χ0) is 22.3. The minimum atomic E-state index is -0.280. The van der Waals surface area contributed by atoms with Crippen molar-refractivity contribution in [3.05, 3.63) is 93.3 Å². The second kappa shape index (κ2) is 7.82. The molecule has 1 aliphatic carbocycles. The van der Waals surface area contributed by atoms with Gasteiger partial charge in [-0.15, -0.1) is 11.3 Å². The smallest absolute Gasteiger partial charge is 0.198 e. The van der Waals surface area contributed by atoms with E-state index in [2.05, 4.69) is 17.0 Å². The highest BCUT2D eigenvalue weighted by Gasteiger charge is 2.36. The maximum atomic E-state index is 13.0. The fourth-order valence-corrected chi connectivity index (χ4v) is 4.30. The van der Waals surface area contributed by atoms with Gasteiger partial charge in [-0.2, -0.15) is 0 Å². The number of rotatable bonds is 3. The van der Waals surface area contributed by atoms with Crippen LogP contribution >= 0.6 is 11.3 Å². The van der Waals surface area contributed by atoms with Crippen LogP contribution in [0.2, 0.25) is 0 Å². The van der Waals surface area contributed by atoms with Crippen LogP contribution in [0.4, 0.5) is 5.00 Å². The maximum Gasteiger partial charge on any atom is 0.198 e. The van der Waals surface area contributed by atoms with Crippen LogP contribution in [0.1, 0.15) is 46.4 Å². The third-order valence-electron chi connectivity index (χ3n) is 5.18. The molecule has 31 heavy (non-hydrogen) atoms. The van der Waals surface area contributed by atoms with E-state index in [4.69, 9.17) is 4.74 Å². The molecule has 0 spiro atoms. The Morgan fingerprint density at radius 2 is 1.55 bits per heavy atom. The number of fused-ring (bicyclic) bond motifs is 1. The van der Waals surface area contributed by atoms with Crippen LogP contribution in [0.15, 0.2) is 77.3 Å². The highest BCUT2D eigenvalue weighted by molar-refractivity contribution is 7.16. The summed E-state index contributed by atoms with van der Waals surface area (Å²) in [6, 6.07) is 11.1. The van der Waals surface area contributed by atoms with Crippen molar-refractivity contribution >= 4 is 34.0 Å². The van der Waals surface area contributed by atoms with Crippen molar-refractivity contribution in [2.75, 3.05) is 19.0 Å². The molecule has 0 unspecified atom stereocenters. The van der Waals surface area contributed by atoms with Crippen LogP contribution in [0.25, 0.3) is 6.08 Å². The maximum absolute atomic E-state index is 13.0. The number of ether oxygens (including phenoxy) is 1. The van der Waals surface area contributed by atoms with Crippen LogP contribution in [-0.2, 0) is 4.74 Å². The van der Waals surface area contributed by atoms with E-state index < -0.39 is 0 Å². The van der Waals surface area contributed by atoms with Crippen molar-refractivity contribution in [3.63, 3.8) is 0 Å². The van der Waals surface area contributed by atoms with Crippen molar-refractivity contribution < 1.29 is 14.3 Å². The minimum Gasteiger partial charge on any atom is -0.461 e. The summed E-state index contributed by atoms with van der Waals surface area (Å²) in [5.41, 5.74) is 1.46. The summed E-state index contributed by atoms with van der Waals surface area (Å²) in [5, 5.41) is 1.16. The van der Waals surface area contributed by atoms with Crippen molar-refractivity contribution in [1.82, 2.24) is 0 Å². The Morgan fingerprint density at radius 3 is 2.10 bits per heavy atom. The number of hydrogen-bond acceptors (Lipinski definition) is 5. The predicted octanol–water partition coefficient (Wildman–Crippen LogP) is 6.05. The van der Waals surface area contributed by atoms with Gasteiger partial charge in [-0.3, -0.25) is 9.59 Å². The largest absolute Gasteiger partial charge is 0.461 e. The lowest BCUT2D eigenvalue weighted by Crippen LogP contribution is -2.16. The van der Waals surface area contributed by atoms with E-state index in [1.165, 1.54) is 0 Å². The molecule has 2 heterocycles. The van der Waals surface area contributed by atoms with E-state index in [1.54, 1.807) is 41.7 Å². The van der Waals surface area contributed by atoms with Gasteiger partial charge in [0.1, 0.15) is 11.5 Å². The van der Waals surface area contributed by atoms with Gasteiger partial charge < -0.3 is 9.64 Å². The van der Waals surface area contributed by atoms with Crippen molar-refractivity contribution in [2.24, 2.45) is 5.41 Å². The molecule has 0 saturated carbocycles. The molecule has 1 aliphatic heterocycles. The molecule has 5 heteroatoms. The molecule has 4 rings (SSSR count). The minimum absolute atomic E-state index is 0.211. The molecule has 2 aliphatic rings. The summed E-state index contributed by atoms with van der Waals surface area (Å²) in [6.45, 7) is 6.14. The van der Waals surface area contributed by atoms with Gasteiger partial charge in [0, 0.05) is 35.5 Å². The SMILES string of the molecule is CN(C)c1ccc(C=CC2=CC(=C3C(=O)c4ccccc4C3=O)C=C(C(C)(C)C)O2)s1. The average Bonchev–Trinajstić information content (AvgIpc) is 3.30. The van der Waals surface area contributed by atoms with Crippen LogP contribution in [0, 0.1) is 5.41 Å². The highest BCUT2D eigenvalue weighted by atomic mass is 32.1. The Bertz CT molecular complexity index is 1160. The number of carbonyl (C=O) groups is 2. The summed E-state index contributed by atoms with van der Waals surface area (Å²) in [6.07, 6.45) is 7.49. The molecule has 1 aromatic carbocycles. The Hall–Kier alpha value is -3.18. The van der Waals surface area contributed by atoms with E-state index in [-0.39, 0.29) is 22.6 Å². The number of hydrogen-bond donors (Lipinski definition) is 0. The van der Waals surface area contributed by atoms with Gasteiger partial charge in [-0.25, -0.2) is 0 Å². The van der Waals surface area contributed by atoms with Gasteiger partial charge in [0.25, 0.3) is 0 Å². The summed E-state index contributed by atoms with van der Waals surface area (Å²) in [7, 11) is 4.02. The zero-order valence-electron chi connectivity index (χ0n) is 18.4. The van der Waals surface area contributed by atoms with Gasteiger partial charge in [0.2, 0.25) is 0 Å². The molecular weight excluding hydrogens is 406 g/mol. The topological polar surface area (TPSA) is 46.6 Å². The van der Waals surface area contributed by atoms with E-state index >= 15 is 0 Å². The first kappa shape index (κ1) is 21.1. The van der Waals surface area contributed by atoms with E-state index in [9.17, 15) is 9.59 Å². The molecule has 1 aromatic heterocycles. The second-order valence-corrected chi connectivity index (χ2v) is 9.94. The lowest BCUT2D eigenvalue weighted by molar-refractivity contribution is 0.0987. The number of carbonyl (C=O) groups excluding carboxylic acids is 2. The third kappa shape index (κ3) is 4.06. The van der Waals surface area contributed by atoms with Gasteiger partial charge in [0.15, 0.2) is 11.6 Å². The summed E-state index contributed by atoms with van der Waals surface area (Å²) in [4.78, 5) is 29.2. The summed E-state index contributed by atoms with van der Waals surface area (Å²) < 4.78 is 6.14. The molecule has 0 atom stereocenters. The quantitative estimate of drug-likeness (QED) is 0.439. The molecule has 158 valence electrons. The van der Waals surface area contributed by atoms with Crippen molar-refractivity contribution in [1.29, 1.82) is 0 Å². The van der Waals surface area contributed by atoms with Crippen molar-refractivity contribution in [2.45, 2.75) is 20.8 Å². The molecule has 0 amide bonds. The molecular formula is C26H25NO3S. The van der Waals surface area contributed by atoms with E-state index in [0.29, 0.717) is 28.2 Å². The van der Waals surface area contributed by atoms with Crippen LogP contribution < -0.4 is 4.90 Å². The summed E-state index contributed by atoms with van der Waals surface area (Å²) in [5.74, 6) is 0.867. The molecule has 0 N–H and O–H groups in total. The Balaban J connectivity index is 1.76. The Kier molecular flexibility index (Phi) is 5.31. The van der Waals surface area contributed by atoms with Crippen LogP contribution in [-0.4, -0.2) is 25.7 Å². The Labute approximate surface area is 186 Å². The molecule has 0 fully saturated rings. The van der Waals surface area contributed by atoms with Crippen LogP contribution in [0.3, 0.4) is 0 Å². The van der Waals surface area contributed by atoms with Crippen molar-refractivity contribution in [3.8, 4) is 0 Å². The molecule has 4 nitrogen and oxygen atoms in total. The van der Waals surface area contributed by atoms with Gasteiger partial charge in [-0.1, -0.05) is 45.0 Å². The average molecular weight is 432 g/mol. The number of nitrogens with zero attached hydrogens (tertiary/aromatic N) is 1. The number of anilines is 1. The van der Waals surface area contributed by atoms with Gasteiger partial charge >= 0.3 is 0 Å². The number of thiophene rings is 1. The monoisotopic (exact) mass is 431 g/mol. The lowest BCUT2D eigenvalue weighted by Gasteiger charge is -2.27. The number of ketones is 2. The number of benzene rings is 1. The van der Waals surface area contributed by atoms with E-state index in [0.717, 1.165) is 9.88 Å².